The zero-order chi connectivity index (χ0) is 17.0. The van der Waals surface area contributed by atoms with E-state index in [1.54, 1.807) is 0 Å². The molecule has 0 saturated heterocycles. The molecule has 0 fully saturated rings. The van der Waals surface area contributed by atoms with E-state index in [1.165, 1.54) is 6.20 Å². The summed E-state index contributed by atoms with van der Waals surface area (Å²) in [5.41, 5.74) is 1.67. The third-order valence-electron chi connectivity index (χ3n) is 2.96. The molecule has 0 aromatic heterocycles. The van der Waals surface area contributed by atoms with Gasteiger partial charge in [-0.15, -0.1) is 0 Å². The van der Waals surface area contributed by atoms with Gasteiger partial charge in [-0.2, -0.15) is 5.26 Å². The second-order valence-electron chi connectivity index (χ2n) is 7.31. The van der Waals surface area contributed by atoms with Crippen LogP contribution in [0.2, 0.25) is 0 Å². The molecular formula is C18H25N3O. The predicted octanol–water partition coefficient (Wildman–Crippen LogP) is 3.72. The zero-order valence-corrected chi connectivity index (χ0v) is 14.2. The number of benzene rings is 1. The van der Waals surface area contributed by atoms with Gasteiger partial charge in [-0.1, -0.05) is 39.0 Å². The Kier molecular flexibility index (Phi) is 5.38. The van der Waals surface area contributed by atoms with Gasteiger partial charge in [0, 0.05) is 17.4 Å². The first-order chi connectivity index (χ1) is 10.0. The van der Waals surface area contributed by atoms with Crippen LogP contribution in [0, 0.1) is 11.3 Å². The minimum atomic E-state index is -0.379. The number of anilines is 1. The van der Waals surface area contributed by atoms with Crippen molar-refractivity contribution in [2.75, 3.05) is 5.32 Å². The topological polar surface area (TPSA) is 64.9 Å². The van der Waals surface area contributed by atoms with Gasteiger partial charge in [-0.05, 0) is 37.8 Å². The lowest BCUT2D eigenvalue weighted by Gasteiger charge is -2.23. The molecule has 1 aromatic carbocycles. The van der Waals surface area contributed by atoms with Crippen LogP contribution in [0.25, 0.3) is 0 Å². The van der Waals surface area contributed by atoms with E-state index in [-0.39, 0.29) is 22.4 Å². The second-order valence-corrected chi connectivity index (χ2v) is 7.31. The van der Waals surface area contributed by atoms with Crippen LogP contribution in [0.4, 0.5) is 5.69 Å². The minimum Gasteiger partial charge on any atom is -0.360 e. The van der Waals surface area contributed by atoms with E-state index in [9.17, 15) is 10.1 Å². The monoisotopic (exact) mass is 299 g/mol. The molecule has 0 aliphatic heterocycles. The Morgan fingerprint density at radius 2 is 1.73 bits per heavy atom. The SMILES string of the molecule is CC(C)(C)NC(=O)/C(C#N)=C\Nc1ccccc1C(C)(C)C. The number of rotatable bonds is 3. The van der Waals surface area contributed by atoms with Crippen LogP contribution in [0.3, 0.4) is 0 Å². The Bertz CT molecular complexity index is 610. The lowest BCUT2D eigenvalue weighted by atomic mass is 9.86. The molecule has 0 bridgehead atoms. The van der Waals surface area contributed by atoms with Gasteiger partial charge in [-0.25, -0.2) is 0 Å². The number of hydrogen-bond acceptors (Lipinski definition) is 3. The molecule has 0 aliphatic rings. The minimum absolute atomic E-state index is 0.0299. The number of carbonyl (C=O) groups excluding carboxylic acids is 1. The van der Waals surface area contributed by atoms with Crippen molar-refractivity contribution >= 4 is 11.6 Å². The molecule has 0 atom stereocenters. The molecule has 4 nitrogen and oxygen atoms in total. The van der Waals surface area contributed by atoms with E-state index in [0.717, 1.165) is 11.3 Å². The van der Waals surface area contributed by atoms with Crippen molar-refractivity contribution in [2.24, 2.45) is 0 Å². The highest BCUT2D eigenvalue weighted by molar-refractivity contribution is 5.97. The number of nitrogens with zero attached hydrogens (tertiary/aromatic N) is 1. The van der Waals surface area contributed by atoms with Gasteiger partial charge in [0.05, 0.1) is 0 Å². The second kappa shape index (κ2) is 6.65. The van der Waals surface area contributed by atoms with Crippen molar-refractivity contribution in [1.29, 1.82) is 5.26 Å². The van der Waals surface area contributed by atoms with E-state index in [2.05, 4.69) is 31.4 Å². The van der Waals surface area contributed by atoms with Crippen LogP contribution >= 0.6 is 0 Å². The number of amides is 1. The van der Waals surface area contributed by atoms with Gasteiger partial charge in [0.2, 0.25) is 0 Å². The highest BCUT2D eigenvalue weighted by atomic mass is 16.1. The standard InChI is InChI=1S/C18H25N3O/c1-17(2,3)14-9-7-8-10-15(14)20-12-13(11-19)16(22)21-18(4,5)6/h7-10,12,20H,1-6H3,(H,21,22)/b13-12-. The Balaban J connectivity index is 3.00. The smallest absolute Gasteiger partial charge is 0.263 e. The van der Waals surface area contributed by atoms with Crippen LogP contribution in [-0.4, -0.2) is 11.4 Å². The first-order valence-corrected chi connectivity index (χ1v) is 7.33. The lowest BCUT2D eigenvalue weighted by Crippen LogP contribution is -2.41. The van der Waals surface area contributed by atoms with E-state index >= 15 is 0 Å². The van der Waals surface area contributed by atoms with Crippen LogP contribution in [0.15, 0.2) is 36.0 Å². The van der Waals surface area contributed by atoms with Crippen LogP contribution in [0.5, 0.6) is 0 Å². The van der Waals surface area contributed by atoms with Crippen molar-refractivity contribution in [3.05, 3.63) is 41.6 Å². The van der Waals surface area contributed by atoms with Gasteiger partial charge in [0.15, 0.2) is 0 Å². The highest BCUT2D eigenvalue weighted by Crippen LogP contribution is 2.29. The zero-order valence-electron chi connectivity index (χ0n) is 14.2. The van der Waals surface area contributed by atoms with Gasteiger partial charge >= 0.3 is 0 Å². The maximum atomic E-state index is 12.1. The molecule has 0 aliphatic carbocycles. The fourth-order valence-electron chi connectivity index (χ4n) is 1.97. The summed E-state index contributed by atoms with van der Waals surface area (Å²) in [6.07, 6.45) is 1.46. The summed E-state index contributed by atoms with van der Waals surface area (Å²) >= 11 is 0. The molecule has 4 heteroatoms. The Hall–Kier alpha value is -2.28. The summed E-state index contributed by atoms with van der Waals surface area (Å²) in [6.45, 7) is 12.0. The number of hydrogen-bond donors (Lipinski definition) is 2. The van der Waals surface area contributed by atoms with Crippen molar-refractivity contribution in [1.82, 2.24) is 5.32 Å². The van der Waals surface area contributed by atoms with Gasteiger partial charge < -0.3 is 10.6 Å². The quantitative estimate of drug-likeness (QED) is 0.660. The van der Waals surface area contributed by atoms with Crippen LogP contribution in [-0.2, 0) is 10.2 Å². The molecule has 22 heavy (non-hydrogen) atoms. The van der Waals surface area contributed by atoms with Gasteiger partial charge in [0.1, 0.15) is 11.6 Å². The van der Waals surface area contributed by atoms with E-state index < -0.39 is 0 Å². The third kappa shape index (κ3) is 5.25. The number of carbonyl (C=O) groups is 1. The first kappa shape index (κ1) is 17.8. The average molecular weight is 299 g/mol. The largest absolute Gasteiger partial charge is 0.360 e. The fraction of sp³-hybridized carbons (Fsp3) is 0.444. The molecule has 2 N–H and O–H groups in total. The normalized spacial score (nSPS) is 12.5. The number of para-hydroxylation sites is 1. The Morgan fingerprint density at radius 3 is 2.23 bits per heavy atom. The molecule has 0 spiro atoms. The summed E-state index contributed by atoms with van der Waals surface area (Å²) < 4.78 is 0. The van der Waals surface area contributed by atoms with Crippen LogP contribution < -0.4 is 10.6 Å². The molecule has 0 radical (unpaired) electrons. The summed E-state index contributed by atoms with van der Waals surface area (Å²) in [5, 5.41) is 15.1. The number of nitriles is 1. The lowest BCUT2D eigenvalue weighted by molar-refractivity contribution is -0.118. The van der Waals surface area contributed by atoms with E-state index in [1.807, 2.05) is 51.1 Å². The summed E-state index contributed by atoms with van der Waals surface area (Å²) in [5.74, 6) is -0.379. The molecule has 1 aromatic rings. The summed E-state index contributed by atoms with van der Waals surface area (Å²) in [4.78, 5) is 12.1. The van der Waals surface area contributed by atoms with Crippen molar-refractivity contribution in [3.63, 3.8) is 0 Å². The van der Waals surface area contributed by atoms with Gasteiger partial charge in [-0.3, -0.25) is 4.79 Å². The van der Waals surface area contributed by atoms with E-state index in [0.29, 0.717) is 0 Å². The Labute approximate surface area is 133 Å². The van der Waals surface area contributed by atoms with Crippen molar-refractivity contribution < 1.29 is 4.79 Å². The highest BCUT2D eigenvalue weighted by Gasteiger charge is 2.19. The molecule has 0 unspecified atom stereocenters. The molecular weight excluding hydrogens is 274 g/mol. The molecule has 1 amide bonds. The van der Waals surface area contributed by atoms with Gasteiger partial charge in [0.25, 0.3) is 5.91 Å². The maximum Gasteiger partial charge on any atom is 0.263 e. The fourth-order valence-corrected chi connectivity index (χ4v) is 1.97. The van der Waals surface area contributed by atoms with Crippen LogP contribution in [0.1, 0.15) is 47.1 Å². The third-order valence-corrected chi connectivity index (χ3v) is 2.96. The average Bonchev–Trinajstić information content (AvgIpc) is 2.36. The molecule has 0 heterocycles. The predicted molar refractivity (Wildman–Crippen MR) is 90.4 cm³/mol. The van der Waals surface area contributed by atoms with Crippen molar-refractivity contribution in [2.45, 2.75) is 52.5 Å². The van der Waals surface area contributed by atoms with E-state index in [4.69, 9.17) is 0 Å². The molecule has 1 rings (SSSR count). The summed E-state index contributed by atoms with van der Waals surface area (Å²) in [7, 11) is 0. The summed E-state index contributed by atoms with van der Waals surface area (Å²) in [6, 6.07) is 9.82. The molecule has 118 valence electrons. The molecule has 0 saturated carbocycles. The Morgan fingerprint density at radius 1 is 1.14 bits per heavy atom. The van der Waals surface area contributed by atoms with Crippen molar-refractivity contribution in [3.8, 4) is 6.07 Å². The number of nitrogens with one attached hydrogen (secondary N) is 2. The first-order valence-electron chi connectivity index (χ1n) is 7.33. The maximum absolute atomic E-state index is 12.1.